The predicted molar refractivity (Wildman–Crippen MR) is 61.0 cm³/mol. The normalized spacial score (nSPS) is 29.1. The average Bonchev–Trinajstić information content (AvgIpc) is 2.82. The van der Waals surface area contributed by atoms with Crippen molar-refractivity contribution in [3.8, 4) is 0 Å². The molecule has 4 N–H and O–H groups in total. The largest absolute Gasteiger partial charge is 0.385 e. The number of nitrogens with one attached hydrogen (secondary N) is 2. The molecule has 0 bridgehead atoms. The maximum atomic E-state index is 11.9. The molecule has 96 valence electrons. The van der Waals surface area contributed by atoms with E-state index < -0.39 is 6.10 Å². The van der Waals surface area contributed by atoms with E-state index in [4.69, 9.17) is 20.6 Å². The molecule has 0 spiro atoms. The first-order chi connectivity index (χ1) is 8.16. The highest BCUT2D eigenvalue weighted by atomic mass is 16.5. The van der Waals surface area contributed by atoms with Gasteiger partial charge in [0.2, 0.25) is 0 Å². The Labute approximate surface area is 99.7 Å². The molecule has 0 aromatic heterocycles. The SMILES string of the molecule is N=C(N)C1CN(C(=O)NC2CCOC2)CCO1. The van der Waals surface area contributed by atoms with Crippen molar-refractivity contribution in [1.29, 1.82) is 5.41 Å². The van der Waals surface area contributed by atoms with E-state index in [1.54, 1.807) is 4.90 Å². The van der Waals surface area contributed by atoms with Gasteiger partial charge in [-0.05, 0) is 6.42 Å². The zero-order valence-corrected chi connectivity index (χ0v) is 9.65. The molecule has 7 heteroatoms. The first kappa shape index (κ1) is 12.1. The Hall–Kier alpha value is -1.34. The van der Waals surface area contributed by atoms with Gasteiger partial charge in [-0.15, -0.1) is 0 Å². The maximum absolute atomic E-state index is 11.9. The van der Waals surface area contributed by atoms with Crippen LogP contribution in [-0.4, -0.2) is 61.8 Å². The summed E-state index contributed by atoms with van der Waals surface area (Å²) in [5.74, 6) is -0.0355. The number of nitrogens with two attached hydrogens (primary N) is 1. The summed E-state index contributed by atoms with van der Waals surface area (Å²) in [7, 11) is 0. The van der Waals surface area contributed by atoms with Crippen molar-refractivity contribution in [2.24, 2.45) is 5.73 Å². The van der Waals surface area contributed by atoms with Crippen LogP contribution in [0.2, 0.25) is 0 Å². The Bertz CT molecular complexity index is 304. The molecule has 2 heterocycles. The second-order valence-electron chi connectivity index (χ2n) is 4.27. The van der Waals surface area contributed by atoms with Gasteiger partial charge in [0.05, 0.1) is 25.8 Å². The number of hydrogen-bond acceptors (Lipinski definition) is 4. The Morgan fingerprint density at radius 3 is 2.94 bits per heavy atom. The number of amidine groups is 1. The van der Waals surface area contributed by atoms with Crippen molar-refractivity contribution in [3.63, 3.8) is 0 Å². The van der Waals surface area contributed by atoms with E-state index in [-0.39, 0.29) is 17.9 Å². The molecule has 0 aromatic carbocycles. The number of carbonyl (C=O) groups is 1. The van der Waals surface area contributed by atoms with E-state index in [0.29, 0.717) is 32.9 Å². The second-order valence-corrected chi connectivity index (χ2v) is 4.27. The molecule has 0 radical (unpaired) electrons. The highest BCUT2D eigenvalue weighted by molar-refractivity contribution is 5.83. The molecule has 7 nitrogen and oxygen atoms in total. The molecule has 2 aliphatic rings. The van der Waals surface area contributed by atoms with Crippen molar-refractivity contribution in [2.75, 3.05) is 32.9 Å². The van der Waals surface area contributed by atoms with E-state index in [2.05, 4.69) is 5.32 Å². The second kappa shape index (κ2) is 5.33. The quantitative estimate of drug-likeness (QED) is 0.432. The topological polar surface area (TPSA) is 101 Å². The van der Waals surface area contributed by atoms with Crippen LogP contribution in [0.15, 0.2) is 0 Å². The lowest BCUT2D eigenvalue weighted by Gasteiger charge is -2.32. The van der Waals surface area contributed by atoms with Crippen LogP contribution in [-0.2, 0) is 9.47 Å². The van der Waals surface area contributed by atoms with E-state index in [1.165, 1.54) is 0 Å². The number of amides is 2. The molecular formula is C10H18N4O3. The number of morpholine rings is 1. The van der Waals surface area contributed by atoms with Gasteiger partial charge in [0.15, 0.2) is 0 Å². The van der Waals surface area contributed by atoms with Crippen molar-refractivity contribution in [2.45, 2.75) is 18.6 Å². The smallest absolute Gasteiger partial charge is 0.317 e. The minimum atomic E-state index is -0.477. The molecule has 0 aromatic rings. The van der Waals surface area contributed by atoms with Gasteiger partial charge >= 0.3 is 6.03 Å². The number of carbonyl (C=O) groups excluding carboxylic acids is 1. The fourth-order valence-electron chi connectivity index (χ4n) is 1.94. The minimum absolute atomic E-state index is 0.0355. The summed E-state index contributed by atoms with van der Waals surface area (Å²) in [6.07, 6.45) is 0.376. The van der Waals surface area contributed by atoms with Crippen LogP contribution in [0.1, 0.15) is 6.42 Å². The number of rotatable bonds is 2. The van der Waals surface area contributed by atoms with Gasteiger partial charge in [-0.25, -0.2) is 4.79 Å². The Morgan fingerprint density at radius 1 is 1.47 bits per heavy atom. The first-order valence-electron chi connectivity index (χ1n) is 5.75. The van der Waals surface area contributed by atoms with Gasteiger partial charge in [0.1, 0.15) is 11.9 Å². The average molecular weight is 242 g/mol. The summed E-state index contributed by atoms with van der Waals surface area (Å²) >= 11 is 0. The van der Waals surface area contributed by atoms with Gasteiger partial charge < -0.3 is 25.4 Å². The molecule has 2 atom stereocenters. The number of urea groups is 1. The lowest BCUT2D eigenvalue weighted by molar-refractivity contribution is 0.0203. The van der Waals surface area contributed by atoms with Crippen LogP contribution in [0.25, 0.3) is 0 Å². The highest BCUT2D eigenvalue weighted by Gasteiger charge is 2.28. The highest BCUT2D eigenvalue weighted by Crippen LogP contribution is 2.08. The van der Waals surface area contributed by atoms with Gasteiger partial charge in [-0.2, -0.15) is 0 Å². The standard InChI is InChI=1S/C10H18N4O3/c11-9(12)8-5-14(2-4-17-8)10(15)13-7-1-3-16-6-7/h7-8H,1-6H2,(H3,11,12)(H,13,15). The summed E-state index contributed by atoms with van der Waals surface area (Å²) in [5, 5.41) is 10.2. The van der Waals surface area contributed by atoms with Crippen molar-refractivity contribution in [1.82, 2.24) is 10.2 Å². The van der Waals surface area contributed by atoms with Crippen LogP contribution < -0.4 is 11.1 Å². The third kappa shape index (κ3) is 3.07. The number of ether oxygens (including phenoxy) is 2. The molecule has 2 rings (SSSR count). The van der Waals surface area contributed by atoms with Crippen LogP contribution in [0.4, 0.5) is 4.79 Å². The molecule has 2 unspecified atom stereocenters. The van der Waals surface area contributed by atoms with Crippen molar-refractivity contribution < 1.29 is 14.3 Å². The lowest BCUT2D eigenvalue weighted by Crippen LogP contribution is -2.54. The molecule has 0 aliphatic carbocycles. The summed E-state index contributed by atoms with van der Waals surface area (Å²) in [5.41, 5.74) is 5.37. The molecule has 2 aliphatic heterocycles. The van der Waals surface area contributed by atoms with Crippen LogP contribution in [0.5, 0.6) is 0 Å². The summed E-state index contributed by atoms with van der Waals surface area (Å²) in [6, 6.07) is -0.0313. The van der Waals surface area contributed by atoms with Gasteiger partial charge in [-0.3, -0.25) is 5.41 Å². The fraction of sp³-hybridized carbons (Fsp3) is 0.800. The number of hydrogen-bond donors (Lipinski definition) is 3. The minimum Gasteiger partial charge on any atom is -0.385 e. The maximum Gasteiger partial charge on any atom is 0.317 e. The number of nitrogens with zero attached hydrogens (tertiary/aromatic N) is 1. The molecule has 2 saturated heterocycles. The Kier molecular flexibility index (Phi) is 3.80. The van der Waals surface area contributed by atoms with Crippen LogP contribution in [0.3, 0.4) is 0 Å². The Morgan fingerprint density at radius 2 is 2.29 bits per heavy atom. The zero-order chi connectivity index (χ0) is 12.3. The van der Waals surface area contributed by atoms with Crippen molar-refractivity contribution in [3.05, 3.63) is 0 Å². The lowest BCUT2D eigenvalue weighted by atomic mass is 10.2. The molecule has 17 heavy (non-hydrogen) atoms. The van der Waals surface area contributed by atoms with E-state index in [9.17, 15) is 4.79 Å². The summed E-state index contributed by atoms with van der Waals surface area (Å²) in [6.45, 7) is 2.56. The van der Waals surface area contributed by atoms with E-state index in [1.807, 2.05) is 0 Å². The third-order valence-corrected chi connectivity index (χ3v) is 2.96. The summed E-state index contributed by atoms with van der Waals surface area (Å²) < 4.78 is 10.5. The van der Waals surface area contributed by atoms with E-state index in [0.717, 1.165) is 6.42 Å². The monoisotopic (exact) mass is 242 g/mol. The molecular weight excluding hydrogens is 224 g/mol. The molecule has 2 amide bonds. The van der Waals surface area contributed by atoms with Crippen molar-refractivity contribution >= 4 is 11.9 Å². The van der Waals surface area contributed by atoms with Gasteiger partial charge in [-0.1, -0.05) is 0 Å². The predicted octanol–water partition coefficient (Wildman–Crippen LogP) is -0.878. The fourth-order valence-corrected chi connectivity index (χ4v) is 1.94. The van der Waals surface area contributed by atoms with Crippen LogP contribution in [0, 0.1) is 5.41 Å². The van der Waals surface area contributed by atoms with Gasteiger partial charge in [0, 0.05) is 13.2 Å². The zero-order valence-electron chi connectivity index (χ0n) is 9.65. The first-order valence-corrected chi connectivity index (χ1v) is 5.75. The molecule has 2 fully saturated rings. The van der Waals surface area contributed by atoms with E-state index >= 15 is 0 Å². The summed E-state index contributed by atoms with van der Waals surface area (Å²) in [4.78, 5) is 13.5. The van der Waals surface area contributed by atoms with Gasteiger partial charge in [0.25, 0.3) is 0 Å². The third-order valence-electron chi connectivity index (χ3n) is 2.96. The van der Waals surface area contributed by atoms with Crippen LogP contribution >= 0.6 is 0 Å². The molecule has 0 saturated carbocycles. The Balaban J connectivity index is 1.83.